The van der Waals surface area contributed by atoms with E-state index in [0.29, 0.717) is 33.0 Å². The van der Waals surface area contributed by atoms with E-state index in [1.54, 1.807) is 12.1 Å². The van der Waals surface area contributed by atoms with Gasteiger partial charge in [-0.25, -0.2) is 24.1 Å². The van der Waals surface area contributed by atoms with Crippen molar-refractivity contribution >= 4 is 50.3 Å². The molecule has 3 aromatic carbocycles. The molecule has 2 aromatic heterocycles. The number of thiazole rings is 1. The number of carboxylic acid groups (broad SMARTS) is 1. The normalized spacial score (nSPS) is 14.2. The molecule has 1 aliphatic heterocycles. The van der Waals surface area contributed by atoms with Gasteiger partial charge in [-0.05, 0) is 42.8 Å². The summed E-state index contributed by atoms with van der Waals surface area (Å²) in [6.45, 7) is 1.86. The fourth-order valence-electron chi connectivity index (χ4n) is 4.88. The first-order valence-corrected chi connectivity index (χ1v) is 13.0. The minimum Gasteiger partial charge on any atom is -0.485 e. The van der Waals surface area contributed by atoms with Crippen molar-refractivity contribution in [3.8, 4) is 22.2 Å². The molecule has 0 fully saturated rings. The maximum absolute atomic E-state index is 15.2. The third-order valence-corrected chi connectivity index (χ3v) is 7.83. The largest absolute Gasteiger partial charge is 0.485 e. The highest BCUT2D eigenvalue weighted by Gasteiger charge is 2.33. The topological polar surface area (TPSA) is 141 Å². The smallest absolute Gasteiger partial charge is 0.411 e. The summed E-state index contributed by atoms with van der Waals surface area (Å²) in [5.74, 6) is -0.762. The summed E-state index contributed by atoms with van der Waals surface area (Å²) < 4.78 is 27.1. The number of ether oxygens (including phenoxy) is 2. The molecule has 0 radical (unpaired) electrons. The third kappa shape index (κ3) is 4.41. The van der Waals surface area contributed by atoms with Crippen LogP contribution < -0.4 is 20.1 Å². The molecular weight excluding hydrogens is 537 g/mol. The molecule has 1 aliphatic rings. The van der Waals surface area contributed by atoms with E-state index >= 15 is 4.39 Å². The Labute approximate surface area is 230 Å². The number of fused-ring (bicyclic) bond motifs is 4. The Bertz CT molecular complexity index is 1840. The highest BCUT2D eigenvalue weighted by Crippen LogP contribution is 2.43. The average molecular weight is 560 g/mol. The number of hydrogen-bond acceptors (Lipinski definition) is 8. The van der Waals surface area contributed by atoms with Crippen LogP contribution in [0.3, 0.4) is 0 Å². The van der Waals surface area contributed by atoms with E-state index < -0.39 is 23.9 Å². The number of carbonyl (C=O) groups excluding carboxylic acids is 1. The first kappa shape index (κ1) is 25.4. The number of rotatable bonds is 6. The lowest BCUT2D eigenvalue weighted by atomic mass is 10.1. The first-order valence-electron chi connectivity index (χ1n) is 12.2. The van der Waals surface area contributed by atoms with Crippen molar-refractivity contribution in [2.45, 2.75) is 19.4 Å². The summed E-state index contributed by atoms with van der Waals surface area (Å²) >= 11 is 1.39. The molecule has 3 heterocycles. The number of benzene rings is 3. The highest BCUT2D eigenvalue weighted by molar-refractivity contribution is 7.22. The summed E-state index contributed by atoms with van der Waals surface area (Å²) in [6, 6.07) is 11.2. The zero-order valence-electron chi connectivity index (χ0n) is 21.3. The molecule has 0 saturated heterocycles. The van der Waals surface area contributed by atoms with Crippen molar-refractivity contribution in [2.75, 3.05) is 18.6 Å². The fraction of sp³-hybridized carbons (Fsp3) is 0.179. The number of nitrogens with zero attached hydrogens (tertiary/aromatic N) is 4. The van der Waals surface area contributed by atoms with E-state index in [-0.39, 0.29) is 30.0 Å². The van der Waals surface area contributed by atoms with Gasteiger partial charge in [-0.2, -0.15) is 0 Å². The van der Waals surface area contributed by atoms with Crippen LogP contribution in [0, 0.1) is 12.7 Å². The van der Waals surface area contributed by atoms with E-state index in [4.69, 9.17) is 20.2 Å². The quantitative estimate of drug-likeness (QED) is 0.298. The molecule has 1 unspecified atom stereocenters. The Kier molecular flexibility index (Phi) is 6.18. The second-order valence-corrected chi connectivity index (χ2v) is 10.4. The van der Waals surface area contributed by atoms with Crippen LogP contribution in [-0.4, -0.2) is 51.8 Å². The van der Waals surface area contributed by atoms with Crippen LogP contribution in [0.25, 0.3) is 31.8 Å². The molecule has 12 heteroatoms. The minimum absolute atomic E-state index is 0.0846. The summed E-state index contributed by atoms with van der Waals surface area (Å²) in [5, 5.41) is 10.5. The maximum atomic E-state index is 15.2. The molecule has 40 heavy (non-hydrogen) atoms. The number of aryl methyl sites for hydroxylation is 1. The number of aromatic nitrogens is 3. The monoisotopic (exact) mass is 559 g/mol. The number of halogens is 1. The van der Waals surface area contributed by atoms with Gasteiger partial charge in [-0.1, -0.05) is 6.07 Å². The third-order valence-electron chi connectivity index (χ3n) is 6.67. The van der Waals surface area contributed by atoms with Gasteiger partial charge >= 0.3 is 6.09 Å². The molecule has 5 aromatic rings. The van der Waals surface area contributed by atoms with Crippen LogP contribution in [0.4, 0.5) is 14.9 Å². The molecule has 0 aliphatic carbocycles. The van der Waals surface area contributed by atoms with Gasteiger partial charge in [0.05, 0.1) is 41.1 Å². The second-order valence-electron chi connectivity index (χ2n) is 9.38. The van der Waals surface area contributed by atoms with Crippen LogP contribution in [0.1, 0.15) is 21.5 Å². The van der Waals surface area contributed by atoms with Crippen LogP contribution in [0.2, 0.25) is 0 Å². The van der Waals surface area contributed by atoms with Crippen LogP contribution in [0.5, 0.6) is 11.6 Å². The lowest BCUT2D eigenvalue weighted by Gasteiger charge is -2.23. The van der Waals surface area contributed by atoms with Gasteiger partial charge in [0, 0.05) is 34.9 Å². The van der Waals surface area contributed by atoms with Crippen molar-refractivity contribution < 1.29 is 28.6 Å². The van der Waals surface area contributed by atoms with E-state index in [0.717, 1.165) is 20.7 Å². The SMILES string of the molecule is COc1cnc2c(-c3nc4cc(F)c5c(c4s3)CC(CN(C(=O)O)c3cccc(C(N)=O)c3)O5)cc(C)cc2n1. The van der Waals surface area contributed by atoms with Crippen molar-refractivity contribution in [1.29, 1.82) is 0 Å². The Morgan fingerprint density at radius 2 is 2.05 bits per heavy atom. The van der Waals surface area contributed by atoms with Crippen molar-refractivity contribution in [3.05, 3.63) is 71.2 Å². The highest BCUT2D eigenvalue weighted by atomic mass is 32.1. The Morgan fingerprint density at radius 1 is 1.23 bits per heavy atom. The van der Waals surface area contributed by atoms with Gasteiger partial charge < -0.3 is 20.3 Å². The zero-order chi connectivity index (χ0) is 28.1. The lowest BCUT2D eigenvalue weighted by molar-refractivity contribution is 0.1000. The van der Waals surface area contributed by atoms with Crippen LogP contribution >= 0.6 is 11.3 Å². The maximum Gasteiger partial charge on any atom is 0.411 e. The van der Waals surface area contributed by atoms with E-state index in [2.05, 4.69) is 9.97 Å². The minimum atomic E-state index is -1.24. The summed E-state index contributed by atoms with van der Waals surface area (Å²) in [4.78, 5) is 38.5. The molecular formula is C28H22FN5O5S. The number of carbonyl (C=O) groups is 2. The van der Waals surface area contributed by atoms with E-state index in [1.165, 1.54) is 42.8 Å². The van der Waals surface area contributed by atoms with Crippen LogP contribution in [-0.2, 0) is 6.42 Å². The number of nitrogens with two attached hydrogens (primary N) is 1. The molecule has 0 bridgehead atoms. The van der Waals surface area contributed by atoms with E-state index in [9.17, 15) is 14.7 Å². The number of primary amides is 1. The molecule has 3 N–H and O–H groups in total. The molecule has 0 spiro atoms. The molecule has 202 valence electrons. The van der Waals surface area contributed by atoms with Crippen molar-refractivity contribution in [3.63, 3.8) is 0 Å². The van der Waals surface area contributed by atoms with Gasteiger partial charge in [-0.3, -0.25) is 9.69 Å². The second kappa shape index (κ2) is 9.72. The van der Waals surface area contributed by atoms with Gasteiger partial charge in [0.1, 0.15) is 11.1 Å². The lowest BCUT2D eigenvalue weighted by Crippen LogP contribution is -2.38. The van der Waals surface area contributed by atoms with Gasteiger partial charge in [0.2, 0.25) is 11.8 Å². The summed E-state index contributed by atoms with van der Waals surface area (Å²) in [6.07, 6.45) is -0.0867. The Balaban J connectivity index is 1.36. The standard InChI is InChI=1S/C28H22FN5O5S/c1-13-6-17(23-20(7-13)32-22(38-2)11-31-23)27-33-21-10-19(29)24-18(25(21)40-27)9-16(39-24)12-34(28(36)37)15-5-3-4-14(8-15)26(30)35/h3-8,10-11,16H,9,12H2,1-2H3,(H2,30,35)(H,36,37). The predicted octanol–water partition coefficient (Wildman–Crippen LogP) is 4.95. The first-order chi connectivity index (χ1) is 19.2. The summed E-state index contributed by atoms with van der Waals surface area (Å²) in [5.41, 5.74) is 9.92. The Hall–Kier alpha value is -4.84. The number of anilines is 1. The summed E-state index contributed by atoms with van der Waals surface area (Å²) in [7, 11) is 1.53. The number of methoxy groups -OCH3 is 1. The number of hydrogen-bond donors (Lipinski definition) is 2. The number of amides is 2. The van der Waals surface area contributed by atoms with Gasteiger partial charge in [-0.15, -0.1) is 11.3 Å². The zero-order valence-corrected chi connectivity index (χ0v) is 22.2. The molecule has 1 atom stereocenters. The van der Waals surface area contributed by atoms with Crippen molar-refractivity contribution in [1.82, 2.24) is 15.0 Å². The predicted molar refractivity (Wildman–Crippen MR) is 148 cm³/mol. The molecule has 6 rings (SSSR count). The molecule has 10 nitrogen and oxygen atoms in total. The molecule has 0 saturated carbocycles. The van der Waals surface area contributed by atoms with Crippen LogP contribution in [0.15, 0.2) is 48.7 Å². The molecule has 2 amide bonds. The Morgan fingerprint density at radius 3 is 2.80 bits per heavy atom. The fourth-order valence-corrected chi connectivity index (χ4v) is 5.99. The van der Waals surface area contributed by atoms with Crippen molar-refractivity contribution in [2.24, 2.45) is 5.73 Å². The average Bonchev–Trinajstić information content (AvgIpc) is 3.55. The van der Waals surface area contributed by atoms with Gasteiger partial charge in [0.15, 0.2) is 11.6 Å². The van der Waals surface area contributed by atoms with Gasteiger partial charge in [0.25, 0.3) is 0 Å². The van der Waals surface area contributed by atoms with E-state index in [1.807, 2.05) is 19.1 Å².